The molecule has 0 radical (unpaired) electrons. The van der Waals surface area contributed by atoms with Crippen LogP contribution >= 0.6 is 23.1 Å². The first kappa shape index (κ1) is 23.9. The van der Waals surface area contributed by atoms with Crippen molar-refractivity contribution in [3.63, 3.8) is 0 Å². The van der Waals surface area contributed by atoms with Gasteiger partial charge in [-0.1, -0.05) is 39.5 Å². The summed E-state index contributed by atoms with van der Waals surface area (Å²) in [6, 6.07) is 1.90. The Balaban J connectivity index is 1.76. The maximum atomic E-state index is 12.7. The van der Waals surface area contributed by atoms with E-state index >= 15 is 0 Å². The van der Waals surface area contributed by atoms with Gasteiger partial charge in [-0.2, -0.15) is 0 Å². The summed E-state index contributed by atoms with van der Waals surface area (Å²) < 4.78 is 0. The number of thiazole rings is 1. The average Bonchev–Trinajstić information content (AvgIpc) is 3.29. The number of thioether (sulfide) groups is 1. The zero-order valence-corrected chi connectivity index (χ0v) is 20.9. The molecule has 3 aromatic rings. The second kappa shape index (κ2) is 10.3. The Bertz CT molecular complexity index is 1090. The summed E-state index contributed by atoms with van der Waals surface area (Å²) in [6.45, 7) is 8.82. The van der Waals surface area contributed by atoms with Gasteiger partial charge in [0.05, 0.1) is 28.3 Å². The van der Waals surface area contributed by atoms with E-state index in [4.69, 9.17) is 0 Å². The maximum Gasteiger partial charge on any atom is 0.275 e. The second-order valence-electron chi connectivity index (χ2n) is 8.15. The van der Waals surface area contributed by atoms with Crippen LogP contribution in [0.3, 0.4) is 0 Å². The molecule has 0 spiro atoms. The van der Waals surface area contributed by atoms with Gasteiger partial charge in [0, 0.05) is 36.1 Å². The van der Waals surface area contributed by atoms with Crippen molar-refractivity contribution in [2.24, 2.45) is 0 Å². The number of hydrogen-bond donors (Lipinski definition) is 3. The summed E-state index contributed by atoms with van der Waals surface area (Å²) in [4.78, 5) is 30.6. The van der Waals surface area contributed by atoms with E-state index in [-0.39, 0.29) is 11.3 Å². The number of carbonyl (C=O) groups excluding carboxylic acids is 1. The van der Waals surface area contributed by atoms with Crippen molar-refractivity contribution in [2.45, 2.75) is 51.2 Å². The van der Waals surface area contributed by atoms with Crippen molar-refractivity contribution >= 4 is 46.2 Å². The molecule has 0 aliphatic rings. The smallest absolute Gasteiger partial charge is 0.275 e. The van der Waals surface area contributed by atoms with Gasteiger partial charge >= 0.3 is 0 Å². The standard InChI is InChI=1S/C22H29N7OS2/c1-7-15-16(24-9-13-10-26-21(31-6)29-18(13)23-5)8-14(11-25-15)27-19(30)17-12-32-20(28-17)22(2,3)4/h8,10-12,24H,7,9H2,1-6H3,(H,27,30)(H,23,26,29). The largest absolute Gasteiger partial charge is 0.379 e. The fourth-order valence-electron chi connectivity index (χ4n) is 2.94. The van der Waals surface area contributed by atoms with Gasteiger partial charge in [0.15, 0.2) is 5.16 Å². The first-order valence-corrected chi connectivity index (χ1v) is 12.4. The lowest BCUT2D eigenvalue weighted by Gasteiger charge is -2.14. The lowest BCUT2D eigenvalue weighted by molar-refractivity contribution is 0.102. The predicted molar refractivity (Wildman–Crippen MR) is 133 cm³/mol. The van der Waals surface area contributed by atoms with Crippen LogP contribution in [0.5, 0.6) is 0 Å². The van der Waals surface area contributed by atoms with Crippen LogP contribution in [0.15, 0.2) is 29.0 Å². The van der Waals surface area contributed by atoms with Crippen LogP contribution in [0, 0.1) is 0 Å². The summed E-state index contributed by atoms with van der Waals surface area (Å²) in [5.74, 6) is 0.540. The molecular weight excluding hydrogens is 442 g/mol. The van der Waals surface area contributed by atoms with E-state index in [1.807, 2.05) is 32.5 Å². The highest BCUT2D eigenvalue weighted by molar-refractivity contribution is 7.98. The van der Waals surface area contributed by atoms with E-state index in [2.05, 4.69) is 56.7 Å². The molecule has 0 saturated carbocycles. The lowest BCUT2D eigenvalue weighted by atomic mass is 9.98. The molecule has 0 aliphatic carbocycles. The molecule has 0 unspecified atom stereocenters. The number of anilines is 3. The summed E-state index contributed by atoms with van der Waals surface area (Å²) in [6.07, 6.45) is 6.20. The van der Waals surface area contributed by atoms with E-state index in [1.54, 1.807) is 11.6 Å². The Labute approximate surface area is 197 Å². The van der Waals surface area contributed by atoms with Crippen molar-refractivity contribution in [2.75, 3.05) is 29.3 Å². The SMILES string of the molecule is CCc1ncc(NC(=O)c2csc(C(C)(C)C)n2)cc1NCc1cnc(SC)nc1NC. The number of nitrogens with zero attached hydrogens (tertiary/aromatic N) is 4. The van der Waals surface area contributed by atoms with Gasteiger partial charge < -0.3 is 16.0 Å². The Morgan fingerprint density at radius 2 is 1.97 bits per heavy atom. The molecule has 8 nitrogen and oxygen atoms in total. The normalized spacial score (nSPS) is 11.3. The van der Waals surface area contributed by atoms with Crippen molar-refractivity contribution in [3.8, 4) is 0 Å². The van der Waals surface area contributed by atoms with Crippen LogP contribution in [0.4, 0.5) is 17.2 Å². The number of aryl methyl sites for hydroxylation is 1. The minimum Gasteiger partial charge on any atom is -0.379 e. The summed E-state index contributed by atoms with van der Waals surface area (Å²) in [5, 5.41) is 12.9. The number of rotatable bonds is 8. The molecule has 10 heteroatoms. The first-order chi connectivity index (χ1) is 15.2. The number of pyridine rings is 1. The molecule has 3 heterocycles. The van der Waals surface area contributed by atoms with Crippen molar-refractivity contribution in [3.05, 3.63) is 45.8 Å². The van der Waals surface area contributed by atoms with E-state index in [0.29, 0.717) is 17.9 Å². The first-order valence-electron chi connectivity index (χ1n) is 10.3. The van der Waals surface area contributed by atoms with Crippen LogP contribution in [0.25, 0.3) is 0 Å². The molecule has 0 saturated heterocycles. The van der Waals surface area contributed by atoms with Crippen LogP contribution in [-0.2, 0) is 18.4 Å². The molecule has 0 aliphatic heterocycles. The van der Waals surface area contributed by atoms with Gasteiger partial charge in [-0.3, -0.25) is 9.78 Å². The van der Waals surface area contributed by atoms with Gasteiger partial charge in [-0.15, -0.1) is 11.3 Å². The quantitative estimate of drug-likeness (QED) is 0.317. The van der Waals surface area contributed by atoms with Crippen LogP contribution in [0.2, 0.25) is 0 Å². The minimum atomic E-state index is -0.243. The van der Waals surface area contributed by atoms with E-state index < -0.39 is 0 Å². The monoisotopic (exact) mass is 471 g/mol. The van der Waals surface area contributed by atoms with Gasteiger partial charge in [-0.25, -0.2) is 15.0 Å². The second-order valence-corrected chi connectivity index (χ2v) is 9.78. The zero-order chi connectivity index (χ0) is 23.3. The van der Waals surface area contributed by atoms with Crippen LogP contribution < -0.4 is 16.0 Å². The fourth-order valence-corrected chi connectivity index (χ4v) is 4.17. The third-order valence-electron chi connectivity index (χ3n) is 4.67. The molecule has 3 aromatic heterocycles. The van der Waals surface area contributed by atoms with Gasteiger partial charge in [0.1, 0.15) is 11.5 Å². The highest BCUT2D eigenvalue weighted by atomic mass is 32.2. The molecule has 32 heavy (non-hydrogen) atoms. The van der Waals surface area contributed by atoms with E-state index in [1.165, 1.54) is 23.1 Å². The molecular formula is C22H29N7OS2. The Morgan fingerprint density at radius 3 is 2.59 bits per heavy atom. The third-order valence-corrected chi connectivity index (χ3v) is 6.50. The van der Waals surface area contributed by atoms with Crippen molar-refractivity contribution in [1.29, 1.82) is 0 Å². The topological polar surface area (TPSA) is 105 Å². The number of aromatic nitrogens is 4. The van der Waals surface area contributed by atoms with Crippen LogP contribution in [-0.4, -0.2) is 39.1 Å². The predicted octanol–water partition coefficient (Wildman–Crippen LogP) is 4.82. The number of hydrogen-bond acceptors (Lipinski definition) is 9. The molecule has 3 rings (SSSR count). The van der Waals surface area contributed by atoms with E-state index in [9.17, 15) is 4.79 Å². The third kappa shape index (κ3) is 5.74. The lowest BCUT2D eigenvalue weighted by Crippen LogP contribution is -2.15. The molecule has 0 fully saturated rings. The Hall–Kier alpha value is -2.72. The summed E-state index contributed by atoms with van der Waals surface area (Å²) in [5.41, 5.74) is 3.66. The van der Waals surface area contributed by atoms with Crippen molar-refractivity contribution in [1.82, 2.24) is 19.9 Å². The van der Waals surface area contributed by atoms with Gasteiger partial charge in [-0.05, 0) is 18.7 Å². The van der Waals surface area contributed by atoms with Gasteiger partial charge in [0.2, 0.25) is 0 Å². The number of carbonyl (C=O) groups is 1. The molecule has 1 amide bonds. The number of nitrogens with one attached hydrogen (secondary N) is 3. The number of amides is 1. The minimum absolute atomic E-state index is 0.0887. The Kier molecular flexibility index (Phi) is 7.68. The maximum absolute atomic E-state index is 12.7. The molecule has 3 N–H and O–H groups in total. The highest BCUT2D eigenvalue weighted by Gasteiger charge is 2.20. The molecule has 0 atom stereocenters. The van der Waals surface area contributed by atoms with Gasteiger partial charge in [0.25, 0.3) is 5.91 Å². The summed E-state index contributed by atoms with van der Waals surface area (Å²) >= 11 is 3.00. The summed E-state index contributed by atoms with van der Waals surface area (Å²) in [7, 11) is 1.84. The molecule has 0 bridgehead atoms. The fraction of sp³-hybridized carbons (Fsp3) is 0.409. The van der Waals surface area contributed by atoms with E-state index in [0.717, 1.165) is 39.3 Å². The highest BCUT2D eigenvalue weighted by Crippen LogP contribution is 2.26. The molecule has 170 valence electrons. The average molecular weight is 472 g/mol. The Morgan fingerprint density at radius 1 is 1.19 bits per heavy atom. The van der Waals surface area contributed by atoms with Crippen molar-refractivity contribution < 1.29 is 4.79 Å². The zero-order valence-electron chi connectivity index (χ0n) is 19.2. The molecule has 0 aromatic carbocycles. The van der Waals surface area contributed by atoms with Crippen LogP contribution in [0.1, 0.15) is 54.4 Å².